The van der Waals surface area contributed by atoms with E-state index in [1.807, 2.05) is 24.3 Å². The van der Waals surface area contributed by atoms with Crippen LogP contribution in [0.1, 0.15) is 42.3 Å². The van der Waals surface area contributed by atoms with Gasteiger partial charge in [0.15, 0.2) is 0 Å². The number of esters is 2. The number of amides is 1. The summed E-state index contributed by atoms with van der Waals surface area (Å²) in [6, 6.07) is 14.2. The molecule has 6 heteroatoms. The number of carbonyl (C=O) groups is 3. The normalized spacial score (nSPS) is 14.7. The number of hydrogen-bond donors (Lipinski definition) is 0. The molecule has 0 aromatic heterocycles. The zero-order valence-electron chi connectivity index (χ0n) is 16.9. The number of para-hydroxylation sites is 1. The number of ether oxygens (including phenoxy) is 2. The lowest BCUT2D eigenvalue weighted by molar-refractivity contribution is -0.148. The van der Waals surface area contributed by atoms with Gasteiger partial charge >= 0.3 is 11.9 Å². The van der Waals surface area contributed by atoms with E-state index in [0.717, 1.165) is 5.56 Å². The van der Waals surface area contributed by atoms with E-state index in [1.54, 1.807) is 49.9 Å². The van der Waals surface area contributed by atoms with Crippen LogP contribution in [0.25, 0.3) is 5.57 Å². The van der Waals surface area contributed by atoms with Crippen molar-refractivity contribution in [1.29, 1.82) is 0 Å². The Morgan fingerprint density at radius 3 is 2.48 bits per heavy atom. The SMILES string of the molecule is COC(=O)c1cccc(CN2C(=O)C(=CC(=O)OC(C)(C)C)c3ccccc32)c1. The van der Waals surface area contributed by atoms with E-state index in [-0.39, 0.29) is 12.5 Å². The van der Waals surface area contributed by atoms with Crippen molar-refractivity contribution in [1.82, 2.24) is 0 Å². The van der Waals surface area contributed by atoms with Crippen LogP contribution in [0.2, 0.25) is 0 Å². The summed E-state index contributed by atoms with van der Waals surface area (Å²) in [5.41, 5.74) is 2.20. The molecular formula is C23H23NO5. The molecule has 0 spiro atoms. The predicted molar refractivity (Wildman–Crippen MR) is 109 cm³/mol. The number of hydrogen-bond acceptors (Lipinski definition) is 5. The summed E-state index contributed by atoms with van der Waals surface area (Å²) < 4.78 is 10.1. The predicted octanol–water partition coefficient (Wildman–Crippen LogP) is 3.75. The highest BCUT2D eigenvalue weighted by molar-refractivity contribution is 6.34. The Bertz CT molecular complexity index is 1000. The Hall–Kier alpha value is -3.41. The van der Waals surface area contributed by atoms with Crippen LogP contribution in [0.3, 0.4) is 0 Å². The van der Waals surface area contributed by atoms with Gasteiger partial charge in [-0.05, 0) is 44.5 Å². The van der Waals surface area contributed by atoms with E-state index in [4.69, 9.17) is 9.47 Å². The molecule has 0 saturated carbocycles. The van der Waals surface area contributed by atoms with E-state index in [0.29, 0.717) is 22.4 Å². The molecule has 1 amide bonds. The molecule has 2 aromatic rings. The Balaban J connectivity index is 1.93. The smallest absolute Gasteiger partial charge is 0.337 e. The fourth-order valence-electron chi connectivity index (χ4n) is 3.15. The first-order chi connectivity index (χ1) is 13.7. The number of rotatable bonds is 4. The Morgan fingerprint density at radius 2 is 1.79 bits per heavy atom. The average molecular weight is 393 g/mol. The van der Waals surface area contributed by atoms with Crippen LogP contribution in [0.5, 0.6) is 0 Å². The van der Waals surface area contributed by atoms with Gasteiger partial charge in [-0.15, -0.1) is 0 Å². The van der Waals surface area contributed by atoms with Crippen LogP contribution in [-0.2, 0) is 25.6 Å². The lowest BCUT2D eigenvalue weighted by atomic mass is 10.1. The summed E-state index contributed by atoms with van der Waals surface area (Å²) in [7, 11) is 1.32. The second kappa shape index (κ2) is 7.91. The number of fused-ring (bicyclic) bond motifs is 1. The Morgan fingerprint density at radius 1 is 1.07 bits per heavy atom. The maximum atomic E-state index is 13.1. The van der Waals surface area contributed by atoms with Crippen LogP contribution < -0.4 is 4.90 Å². The molecule has 0 N–H and O–H groups in total. The van der Waals surface area contributed by atoms with Crippen molar-refractivity contribution < 1.29 is 23.9 Å². The van der Waals surface area contributed by atoms with Crippen molar-refractivity contribution in [2.75, 3.05) is 12.0 Å². The minimum atomic E-state index is -0.649. The van der Waals surface area contributed by atoms with Crippen molar-refractivity contribution in [2.45, 2.75) is 32.9 Å². The largest absolute Gasteiger partial charge is 0.465 e. The molecule has 2 aromatic carbocycles. The van der Waals surface area contributed by atoms with Crippen LogP contribution in [0.4, 0.5) is 5.69 Å². The first kappa shape index (κ1) is 20.3. The van der Waals surface area contributed by atoms with Crippen molar-refractivity contribution >= 4 is 29.1 Å². The number of carbonyl (C=O) groups excluding carboxylic acids is 3. The zero-order chi connectivity index (χ0) is 21.2. The summed E-state index contributed by atoms with van der Waals surface area (Å²) in [5.74, 6) is -1.30. The van der Waals surface area contributed by atoms with Gasteiger partial charge in [0, 0.05) is 11.6 Å². The number of methoxy groups -OCH3 is 1. The topological polar surface area (TPSA) is 72.9 Å². The molecule has 1 aliphatic rings. The molecule has 0 unspecified atom stereocenters. The van der Waals surface area contributed by atoms with Gasteiger partial charge in [-0.25, -0.2) is 9.59 Å². The quantitative estimate of drug-likeness (QED) is 0.584. The number of nitrogens with zero attached hydrogens (tertiary/aromatic N) is 1. The second-order valence-electron chi connectivity index (χ2n) is 7.69. The molecule has 1 heterocycles. The first-order valence-electron chi connectivity index (χ1n) is 9.23. The van der Waals surface area contributed by atoms with Gasteiger partial charge in [0.05, 0.1) is 30.5 Å². The lowest BCUT2D eigenvalue weighted by Crippen LogP contribution is -2.27. The third-order valence-electron chi connectivity index (χ3n) is 4.32. The van der Waals surface area contributed by atoms with Crippen molar-refractivity contribution in [3.05, 3.63) is 71.3 Å². The highest BCUT2D eigenvalue weighted by Crippen LogP contribution is 2.37. The lowest BCUT2D eigenvalue weighted by Gasteiger charge is -2.18. The standard InChI is InChI=1S/C23H23NO5/c1-23(2,3)29-20(25)13-18-17-10-5-6-11-19(17)24(21(18)26)14-15-8-7-9-16(12-15)22(27)28-4/h5-13H,14H2,1-4H3. The van der Waals surface area contributed by atoms with Gasteiger partial charge in [0.1, 0.15) is 5.60 Å². The molecular weight excluding hydrogens is 370 g/mol. The third kappa shape index (κ3) is 4.54. The van der Waals surface area contributed by atoms with Gasteiger partial charge in [0.2, 0.25) is 0 Å². The molecule has 0 fully saturated rings. The van der Waals surface area contributed by atoms with Gasteiger partial charge in [-0.3, -0.25) is 4.79 Å². The Kier molecular flexibility index (Phi) is 5.55. The van der Waals surface area contributed by atoms with Crippen LogP contribution >= 0.6 is 0 Å². The summed E-state index contributed by atoms with van der Waals surface area (Å²) in [6.45, 7) is 5.57. The van der Waals surface area contributed by atoms with E-state index >= 15 is 0 Å². The molecule has 150 valence electrons. The molecule has 29 heavy (non-hydrogen) atoms. The average Bonchev–Trinajstić information content (AvgIpc) is 2.92. The van der Waals surface area contributed by atoms with E-state index in [9.17, 15) is 14.4 Å². The van der Waals surface area contributed by atoms with E-state index in [2.05, 4.69) is 0 Å². The minimum Gasteiger partial charge on any atom is -0.465 e. The summed E-state index contributed by atoms with van der Waals surface area (Å²) in [6.07, 6.45) is 1.25. The van der Waals surface area contributed by atoms with E-state index in [1.165, 1.54) is 13.2 Å². The van der Waals surface area contributed by atoms with Gasteiger partial charge in [-0.1, -0.05) is 30.3 Å². The summed E-state index contributed by atoms with van der Waals surface area (Å²) in [5, 5.41) is 0. The summed E-state index contributed by atoms with van der Waals surface area (Å²) in [4.78, 5) is 38.7. The van der Waals surface area contributed by atoms with Crippen LogP contribution in [-0.4, -0.2) is 30.6 Å². The monoisotopic (exact) mass is 393 g/mol. The minimum absolute atomic E-state index is 0.256. The number of benzene rings is 2. The van der Waals surface area contributed by atoms with Gasteiger partial charge in [-0.2, -0.15) is 0 Å². The molecule has 0 bridgehead atoms. The highest BCUT2D eigenvalue weighted by Gasteiger charge is 2.33. The molecule has 3 rings (SSSR count). The van der Waals surface area contributed by atoms with Gasteiger partial charge in [0.25, 0.3) is 5.91 Å². The third-order valence-corrected chi connectivity index (χ3v) is 4.32. The maximum absolute atomic E-state index is 13.1. The van der Waals surface area contributed by atoms with Crippen LogP contribution in [0.15, 0.2) is 54.6 Å². The van der Waals surface area contributed by atoms with Gasteiger partial charge < -0.3 is 14.4 Å². The van der Waals surface area contributed by atoms with E-state index < -0.39 is 17.5 Å². The number of anilines is 1. The first-order valence-corrected chi connectivity index (χ1v) is 9.23. The fraction of sp³-hybridized carbons (Fsp3) is 0.261. The Labute approximate surface area is 169 Å². The van der Waals surface area contributed by atoms with Crippen molar-refractivity contribution in [3.8, 4) is 0 Å². The maximum Gasteiger partial charge on any atom is 0.337 e. The van der Waals surface area contributed by atoms with Crippen molar-refractivity contribution in [2.24, 2.45) is 0 Å². The summed E-state index contributed by atoms with van der Waals surface area (Å²) >= 11 is 0. The molecule has 0 saturated heterocycles. The highest BCUT2D eigenvalue weighted by atomic mass is 16.6. The van der Waals surface area contributed by atoms with Crippen molar-refractivity contribution in [3.63, 3.8) is 0 Å². The van der Waals surface area contributed by atoms with Crippen LogP contribution in [0, 0.1) is 0 Å². The molecule has 0 radical (unpaired) electrons. The second-order valence-corrected chi connectivity index (χ2v) is 7.69. The zero-order valence-corrected chi connectivity index (χ0v) is 16.9. The molecule has 1 aliphatic heterocycles. The molecule has 0 aliphatic carbocycles. The fourth-order valence-corrected chi connectivity index (χ4v) is 3.15. The molecule has 6 nitrogen and oxygen atoms in total. The molecule has 0 atom stereocenters.